The van der Waals surface area contributed by atoms with Crippen molar-refractivity contribution in [3.63, 3.8) is 0 Å². The summed E-state index contributed by atoms with van der Waals surface area (Å²) in [5, 5.41) is 23.0. The van der Waals surface area contributed by atoms with Gasteiger partial charge in [0.05, 0.1) is 29.0 Å². The van der Waals surface area contributed by atoms with Crippen LogP contribution in [0.15, 0.2) is 54.0 Å². The fourth-order valence-corrected chi connectivity index (χ4v) is 3.06. The number of rotatable bonds is 3. The summed E-state index contributed by atoms with van der Waals surface area (Å²) in [6.45, 7) is 0. The number of fused-ring (bicyclic) bond motifs is 1. The molecule has 0 radical (unpaired) electrons. The quantitative estimate of drug-likeness (QED) is 0.590. The van der Waals surface area contributed by atoms with E-state index in [1.165, 1.54) is 0 Å². The molecule has 0 amide bonds. The Hall–Kier alpha value is -3.17. The van der Waals surface area contributed by atoms with E-state index in [0.717, 1.165) is 33.0 Å². The van der Waals surface area contributed by atoms with Gasteiger partial charge in [0.1, 0.15) is 0 Å². The molecule has 2 N–H and O–H groups in total. The van der Waals surface area contributed by atoms with Crippen LogP contribution in [0.2, 0.25) is 0 Å². The minimum Gasteiger partial charge on any atom is -0.332 e. The lowest BCUT2D eigenvalue weighted by Gasteiger charge is -2.02. The average Bonchev–Trinajstić information content (AvgIpc) is 3.24. The smallest absolute Gasteiger partial charge is 0.187 e. The Bertz CT molecular complexity index is 1010. The maximum Gasteiger partial charge on any atom is 0.187 e. The van der Waals surface area contributed by atoms with Crippen LogP contribution in [0.3, 0.4) is 0 Å². The highest BCUT2D eigenvalue weighted by Gasteiger charge is 2.06. The second kappa shape index (κ2) is 5.55. The fraction of sp³-hybridized carbons (Fsp3) is 0. The lowest BCUT2D eigenvalue weighted by molar-refractivity contribution is 1.12. The molecule has 4 aromatic rings. The third kappa shape index (κ3) is 2.65. The standard InChI is InChI=1S/C17H11N5S/c18-8-11-1-3-12(4-2-11)16-10-23-17(21-16)20-14-5-6-15-13(7-14)9-19-22-15/h1-7,9-10H,(H,19,22)(H,20,21). The van der Waals surface area contributed by atoms with E-state index in [0.29, 0.717) is 5.56 Å². The third-order valence-corrected chi connectivity index (χ3v) is 4.26. The first kappa shape index (κ1) is 13.5. The number of hydrogen-bond donors (Lipinski definition) is 2. The summed E-state index contributed by atoms with van der Waals surface area (Å²) < 4.78 is 0. The number of hydrogen-bond acceptors (Lipinski definition) is 5. The molecule has 2 aromatic carbocycles. The highest BCUT2D eigenvalue weighted by atomic mass is 32.1. The van der Waals surface area contributed by atoms with Crippen molar-refractivity contribution < 1.29 is 0 Å². The number of nitriles is 1. The highest BCUT2D eigenvalue weighted by Crippen LogP contribution is 2.28. The minimum atomic E-state index is 0.649. The number of benzene rings is 2. The van der Waals surface area contributed by atoms with E-state index in [-0.39, 0.29) is 0 Å². The van der Waals surface area contributed by atoms with Crippen LogP contribution >= 0.6 is 11.3 Å². The lowest BCUT2D eigenvalue weighted by atomic mass is 10.1. The summed E-state index contributed by atoms with van der Waals surface area (Å²) in [6, 6.07) is 15.5. The van der Waals surface area contributed by atoms with Crippen LogP contribution in [0.1, 0.15) is 5.56 Å². The molecule has 0 spiro atoms. The van der Waals surface area contributed by atoms with Gasteiger partial charge in [-0.15, -0.1) is 11.3 Å². The number of thiazole rings is 1. The molecular formula is C17H11N5S. The Morgan fingerprint density at radius 2 is 2.00 bits per heavy atom. The maximum atomic E-state index is 8.85. The van der Waals surface area contributed by atoms with Gasteiger partial charge in [-0.3, -0.25) is 5.10 Å². The van der Waals surface area contributed by atoms with Gasteiger partial charge in [-0.2, -0.15) is 10.4 Å². The van der Waals surface area contributed by atoms with Crippen LogP contribution < -0.4 is 5.32 Å². The van der Waals surface area contributed by atoms with E-state index in [1.54, 1.807) is 29.7 Å². The minimum absolute atomic E-state index is 0.649. The Labute approximate surface area is 136 Å². The van der Waals surface area contributed by atoms with Crippen molar-refractivity contribution >= 4 is 33.1 Å². The van der Waals surface area contributed by atoms with E-state index in [4.69, 9.17) is 5.26 Å². The van der Waals surface area contributed by atoms with Gasteiger partial charge in [0.2, 0.25) is 0 Å². The highest BCUT2D eigenvalue weighted by molar-refractivity contribution is 7.14. The summed E-state index contributed by atoms with van der Waals surface area (Å²) in [5.41, 5.74) is 4.52. The van der Waals surface area contributed by atoms with Crippen molar-refractivity contribution in [1.82, 2.24) is 15.2 Å². The molecule has 0 atom stereocenters. The number of H-pyrrole nitrogens is 1. The molecule has 0 saturated carbocycles. The molecule has 0 bridgehead atoms. The van der Waals surface area contributed by atoms with Crippen molar-refractivity contribution in [3.8, 4) is 17.3 Å². The van der Waals surface area contributed by atoms with Crippen molar-refractivity contribution in [3.05, 3.63) is 59.6 Å². The van der Waals surface area contributed by atoms with Crippen molar-refractivity contribution in [2.45, 2.75) is 0 Å². The number of nitrogens with zero attached hydrogens (tertiary/aromatic N) is 3. The lowest BCUT2D eigenvalue weighted by Crippen LogP contribution is -1.89. The fourth-order valence-electron chi connectivity index (χ4n) is 2.32. The number of nitrogens with one attached hydrogen (secondary N) is 2. The van der Waals surface area contributed by atoms with E-state index >= 15 is 0 Å². The maximum absolute atomic E-state index is 8.85. The molecule has 0 unspecified atom stereocenters. The molecule has 0 aliphatic heterocycles. The Kier molecular flexibility index (Phi) is 3.26. The predicted octanol–water partition coefficient (Wildman–Crippen LogP) is 4.30. The van der Waals surface area contributed by atoms with Gasteiger partial charge in [-0.1, -0.05) is 12.1 Å². The zero-order chi connectivity index (χ0) is 15.6. The molecule has 0 aliphatic carbocycles. The first-order valence-electron chi connectivity index (χ1n) is 6.98. The molecule has 0 aliphatic rings. The van der Waals surface area contributed by atoms with Crippen LogP contribution in [0.25, 0.3) is 22.2 Å². The second-order valence-electron chi connectivity index (χ2n) is 5.02. The van der Waals surface area contributed by atoms with Crippen molar-refractivity contribution in [2.75, 3.05) is 5.32 Å². The van der Waals surface area contributed by atoms with Gasteiger partial charge in [-0.25, -0.2) is 4.98 Å². The SMILES string of the molecule is N#Cc1ccc(-c2csc(Nc3ccc4[nH]ncc4c3)n2)cc1. The molecule has 0 fully saturated rings. The van der Waals surface area contributed by atoms with Gasteiger partial charge in [0, 0.05) is 22.0 Å². The van der Waals surface area contributed by atoms with E-state index < -0.39 is 0 Å². The predicted molar refractivity (Wildman–Crippen MR) is 91.6 cm³/mol. The van der Waals surface area contributed by atoms with Crippen LogP contribution in [0.4, 0.5) is 10.8 Å². The largest absolute Gasteiger partial charge is 0.332 e. The summed E-state index contributed by atoms with van der Waals surface area (Å²) in [4.78, 5) is 4.60. The van der Waals surface area contributed by atoms with E-state index in [2.05, 4.69) is 26.6 Å². The summed E-state index contributed by atoms with van der Waals surface area (Å²) in [6.07, 6.45) is 1.80. The molecule has 6 heteroatoms. The first-order chi connectivity index (χ1) is 11.3. The van der Waals surface area contributed by atoms with Crippen LogP contribution in [-0.2, 0) is 0 Å². The van der Waals surface area contributed by atoms with Crippen molar-refractivity contribution in [2.24, 2.45) is 0 Å². The second-order valence-corrected chi connectivity index (χ2v) is 5.88. The average molecular weight is 317 g/mol. The molecule has 4 rings (SSSR count). The number of anilines is 2. The Morgan fingerprint density at radius 1 is 1.13 bits per heavy atom. The molecule has 2 heterocycles. The van der Waals surface area contributed by atoms with Crippen molar-refractivity contribution in [1.29, 1.82) is 5.26 Å². The van der Waals surface area contributed by atoms with Gasteiger partial charge in [-0.05, 0) is 30.3 Å². The van der Waals surface area contributed by atoms with Gasteiger partial charge < -0.3 is 5.32 Å². The van der Waals surface area contributed by atoms with E-state index in [9.17, 15) is 0 Å². The zero-order valence-corrected chi connectivity index (χ0v) is 12.8. The van der Waals surface area contributed by atoms with Gasteiger partial charge in [0.15, 0.2) is 5.13 Å². The molecule has 2 aromatic heterocycles. The van der Waals surface area contributed by atoms with Crippen LogP contribution in [0, 0.1) is 11.3 Å². The van der Waals surface area contributed by atoms with E-state index in [1.807, 2.05) is 35.7 Å². The first-order valence-corrected chi connectivity index (χ1v) is 7.86. The summed E-state index contributed by atoms with van der Waals surface area (Å²) in [5.74, 6) is 0. The van der Waals surface area contributed by atoms with Crippen LogP contribution in [-0.4, -0.2) is 15.2 Å². The number of aromatic amines is 1. The molecule has 110 valence electrons. The normalized spacial score (nSPS) is 10.6. The molecule has 23 heavy (non-hydrogen) atoms. The van der Waals surface area contributed by atoms with Crippen LogP contribution in [0.5, 0.6) is 0 Å². The van der Waals surface area contributed by atoms with Gasteiger partial charge >= 0.3 is 0 Å². The monoisotopic (exact) mass is 317 g/mol. The Balaban J connectivity index is 1.58. The molecule has 5 nitrogen and oxygen atoms in total. The summed E-state index contributed by atoms with van der Waals surface area (Å²) in [7, 11) is 0. The topological polar surface area (TPSA) is 77.4 Å². The zero-order valence-electron chi connectivity index (χ0n) is 11.9. The summed E-state index contributed by atoms with van der Waals surface area (Å²) >= 11 is 1.55. The Morgan fingerprint density at radius 3 is 2.83 bits per heavy atom. The molecular weight excluding hydrogens is 306 g/mol. The number of aromatic nitrogens is 3. The van der Waals surface area contributed by atoms with Gasteiger partial charge in [0.25, 0.3) is 0 Å². The third-order valence-electron chi connectivity index (χ3n) is 3.51. The molecule has 0 saturated heterocycles.